The lowest BCUT2D eigenvalue weighted by atomic mass is 9.87. The molecule has 34 heteroatoms. The van der Waals surface area contributed by atoms with E-state index in [-0.39, 0.29) is 93.9 Å². The molecule has 6 amide bonds. The molecule has 30 nitrogen and oxygen atoms in total. The average molecular weight is 1830 g/mol. The standard InChI is InChI=1S/2C31H44N6O4S.C20H24ClN5O3S.C11H21NO/c2*1-30(2,3)16-7-10-22-15-18-36(29(22)39)25-14-13-23-27(34-25)37-20-21(19-31(37,4)5)9-8-17-32-24-11-6-12-26(33-24)42(40,41)35-28(23)38;1-20(2)11-13-5-4-10-22-16-6-3-7-17(24-16)30(28,29)25-19(27)14-8-9-15(21)23-18(14)26(20)12-13;1-11(2,3)7-4-5-9-6-8-12-10(9)13/h2*6,11-14,21-22H,7-10,15-20H2,1-5H3,(H,32,33)(H,35,38);3,6-9,13H,4-5,10-12H2,1-2H3,(H,22,24)(H,25,27);9H,4-8H2,1-3H3,(H,12,13)/t2*21-,22?;13-;/m000./s1. The van der Waals surface area contributed by atoms with Crippen LogP contribution in [-0.4, -0.2) is 166 Å². The van der Waals surface area contributed by atoms with Crippen molar-refractivity contribution in [3.8, 4) is 0 Å². The van der Waals surface area contributed by atoms with Crippen molar-refractivity contribution in [1.82, 2.24) is 49.4 Å². The molecular formula is C93H133ClN18O12S3. The summed E-state index contributed by atoms with van der Waals surface area (Å²) in [6, 6.07) is 23.6. The molecule has 0 spiro atoms. The van der Waals surface area contributed by atoms with E-state index in [0.29, 0.717) is 121 Å². The number of pyridine rings is 6. The molecule has 0 aromatic carbocycles. The third-order valence-corrected chi connectivity index (χ3v) is 29.6. The van der Waals surface area contributed by atoms with Gasteiger partial charge in [-0.3, -0.25) is 38.6 Å². The molecule has 6 atom stereocenters. The first kappa shape index (κ1) is 96.7. The summed E-state index contributed by atoms with van der Waals surface area (Å²) in [4.78, 5) is 115. The van der Waals surface area contributed by atoms with Gasteiger partial charge in [-0.2, -0.15) is 25.3 Å². The molecule has 127 heavy (non-hydrogen) atoms. The molecule has 692 valence electrons. The number of aromatic nitrogens is 6. The van der Waals surface area contributed by atoms with Crippen LogP contribution in [0.15, 0.2) is 106 Å². The molecular weight excluding hydrogens is 1690 g/mol. The molecule has 0 saturated carbocycles. The second-order valence-corrected chi connectivity index (χ2v) is 46.5. The van der Waals surface area contributed by atoms with Gasteiger partial charge in [-0.05, 0) is 264 Å². The maximum absolute atomic E-state index is 13.6. The van der Waals surface area contributed by atoms with Gasteiger partial charge in [0, 0.05) is 93.3 Å². The van der Waals surface area contributed by atoms with Crippen molar-refractivity contribution in [3.05, 3.63) is 113 Å². The number of hydrogen-bond acceptors (Lipinski definition) is 24. The first-order chi connectivity index (χ1) is 59.6. The minimum atomic E-state index is -4.24. The molecule has 6 aromatic heterocycles. The summed E-state index contributed by atoms with van der Waals surface area (Å²) in [6.07, 6.45) is 20.3. The van der Waals surface area contributed by atoms with Gasteiger partial charge in [0.15, 0.2) is 15.1 Å². The molecule has 15 heterocycles. The van der Waals surface area contributed by atoms with Crippen molar-refractivity contribution in [1.29, 1.82) is 0 Å². The largest absolute Gasteiger partial charge is 0.370 e. The van der Waals surface area contributed by atoms with Crippen molar-refractivity contribution in [2.45, 2.75) is 270 Å². The van der Waals surface area contributed by atoms with Gasteiger partial charge in [-0.1, -0.05) is 111 Å². The number of nitrogens with zero attached hydrogens (tertiary/aromatic N) is 11. The third-order valence-electron chi connectivity index (χ3n) is 25.7. The predicted octanol–water partition coefficient (Wildman–Crippen LogP) is 15.3. The Bertz CT molecular complexity index is 5150. The summed E-state index contributed by atoms with van der Waals surface area (Å²) in [6.45, 7) is 38.9. The van der Waals surface area contributed by atoms with Crippen LogP contribution in [-0.2, 0) is 44.5 Å². The molecule has 0 radical (unpaired) electrons. The molecule has 3 unspecified atom stereocenters. The van der Waals surface area contributed by atoms with Gasteiger partial charge < -0.3 is 36.0 Å². The van der Waals surface area contributed by atoms with Gasteiger partial charge in [0.05, 0.1) is 16.7 Å². The second kappa shape index (κ2) is 39.5. The Morgan fingerprint density at radius 3 is 1.03 bits per heavy atom. The van der Waals surface area contributed by atoms with Crippen molar-refractivity contribution >= 4 is 124 Å². The van der Waals surface area contributed by atoms with Gasteiger partial charge in [0.25, 0.3) is 47.8 Å². The molecule has 0 aliphatic carbocycles. The van der Waals surface area contributed by atoms with Crippen LogP contribution in [0.4, 0.5) is 46.5 Å². The first-order valence-electron chi connectivity index (χ1n) is 45.4. The van der Waals surface area contributed by atoms with Crippen LogP contribution >= 0.6 is 11.6 Å². The van der Waals surface area contributed by atoms with Crippen LogP contribution < -0.4 is 59.9 Å². The number of halogens is 1. The topological polar surface area (TPSA) is 383 Å². The Kier molecular flexibility index (Phi) is 30.1. The van der Waals surface area contributed by atoms with Gasteiger partial charge in [0.2, 0.25) is 17.7 Å². The maximum atomic E-state index is 13.6. The van der Waals surface area contributed by atoms with E-state index in [0.717, 1.165) is 135 Å². The number of amides is 6. The normalized spacial score (nSPS) is 23.6. The van der Waals surface area contributed by atoms with E-state index in [9.17, 15) is 54.0 Å². The van der Waals surface area contributed by atoms with E-state index in [2.05, 4.69) is 174 Å². The smallest absolute Gasteiger partial charge is 0.281 e. The lowest BCUT2D eigenvalue weighted by Crippen LogP contribution is -2.41. The fraction of sp³-hybridized carbons (Fsp3) is 0.613. The van der Waals surface area contributed by atoms with E-state index < -0.39 is 47.8 Å². The molecule has 9 aliphatic heterocycles. The highest BCUT2D eigenvalue weighted by Gasteiger charge is 2.46. The SMILES string of the molecule is CC(C)(C)CCCC1CCN(c2ccc3c(n2)N2C[C@@H](CCCNc4cccc(n4)S(=O)(=O)NC3=O)CC2(C)C)C1=O.CC(C)(C)CCCC1CCN(c2ccc3c(n2)N2C[C@@H](CCCNc4cccc(n4)S(=O)(=O)NC3=O)CC2(C)C)C1=O.CC(C)(C)CCCC1CCNC1=O.CC1(C)C[C@@H]2CCCNc3cccc(n3)S(=O)(=O)NC(=O)c3ccc(Cl)nc3N1C2. The highest BCUT2D eigenvalue weighted by Crippen LogP contribution is 2.45. The van der Waals surface area contributed by atoms with Gasteiger partial charge >= 0.3 is 0 Å². The third kappa shape index (κ3) is 25.0. The summed E-state index contributed by atoms with van der Waals surface area (Å²) in [7, 11) is -12.6. The van der Waals surface area contributed by atoms with Gasteiger partial charge in [-0.15, -0.1) is 0 Å². The van der Waals surface area contributed by atoms with E-state index in [1.165, 1.54) is 43.2 Å². The summed E-state index contributed by atoms with van der Waals surface area (Å²) in [5.74, 6) is 3.09. The number of carbonyl (C=O) groups is 6. The minimum Gasteiger partial charge on any atom is -0.370 e. The molecule has 6 aromatic rings. The predicted molar refractivity (Wildman–Crippen MR) is 498 cm³/mol. The lowest BCUT2D eigenvalue weighted by molar-refractivity contribution is -0.123. The summed E-state index contributed by atoms with van der Waals surface area (Å²) < 4.78 is 85.0. The maximum Gasteiger partial charge on any atom is 0.281 e. The van der Waals surface area contributed by atoms with Crippen molar-refractivity contribution < 1.29 is 54.0 Å². The van der Waals surface area contributed by atoms with Crippen LogP contribution in [0.25, 0.3) is 0 Å². The molecule has 6 saturated heterocycles. The lowest BCUT2D eigenvalue weighted by Gasteiger charge is -2.34. The van der Waals surface area contributed by atoms with Gasteiger partial charge in [-0.25, -0.2) is 44.1 Å². The highest BCUT2D eigenvalue weighted by atomic mass is 35.5. The number of sulfonamides is 3. The van der Waals surface area contributed by atoms with E-state index in [4.69, 9.17) is 21.6 Å². The Balaban J connectivity index is 0.000000163. The number of hydrogen-bond donors (Lipinski definition) is 7. The first-order valence-corrected chi connectivity index (χ1v) is 50.2. The van der Waals surface area contributed by atoms with E-state index >= 15 is 0 Å². The van der Waals surface area contributed by atoms with Crippen LogP contribution in [0, 0.1) is 51.8 Å². The van der Waals surface area contributed by atoms with Crippen LogP contribution in [0.3, 0.4) is 0 Å². The zero-order valence-electron chi connectivity index (χ0n) is 76.8. The van der Waals surface area contributed by atoms with Gasteiger partial charge in [0.1, 0.15) is 51.7 Å². The molecule has 7 N–H and O–H groups in total. The van der Waals surface area contributed by atoms with Crippen LogP contribution in [0.1, 0.15) is 270 Å². The Morgan fingerprint density at radius 1 is 0.386 bits per heavy atom. The van der Waals surface area contributed by atoms with Crippen molar-refractivity contribution in [2.24, 2.45) is 51.8 Å². The number of rotatable bonds is 11. The Morgan fingerprint density at radius 2 is 0.709 bits per heavy atom. The van der Waals surface area contributed by atoms with Crippen LogP contribution in [0.2, 0.25) is 5.15 Å². The monoisotopic (exact) mass is 1820 g/mol. The zero-order valence-corrected chi connectivity index (χ0v) is 80.0. The number of carbonyl (C=O) groups excluding carboxylic acids is 6. The quantitative estimate of drug-likeness (QED) is 0.0592. The number of anilines is 8. The van der Waals surface area contributed by atoms with Crippen molar-refractivity contribution in [3.63, 3.8) is 0 Å². The summed E-state index contributed by atoms with van der Waals surface area (Å²) >= 11 is 6.14. The Hall–Kier alpha value is -9.34. The molecule has 6 fully saturated rings. The Labute approximate surface area is 756 Å². The minimum absolute atomic E-state index is 0.0373. The zero-order chi connectivity index (χ0) is 92.0. The number of nitrogens with one attached hydrogen (secondary N) is 7. The van der Waals surface area contributed by atoms with Crippen LogP contribution in [0.5, 0.6) is 0 Å². The average Bonchev–Trinajstić information content (AvgIpc) is 1.67. The summed E-state index contributed by atoms with van der Waals surface area (Å²) in [5.41, 5.74) is 0.491. The summed E-state index contributed by atoms with van der Waals surface area (Å²) in [5, 5.41) is 12.0. The van der Waals surface area contributed by atoms with E-state index in [1.807, 2.05) is 0 Å². The van der Waals surface area contributed by atoms with Crippen molar-refractivity contribution in [2.75, 3.05) is 99.4 Å². The molecule has 9 aliphatic rings. The number of fused-ring (bicyclic) bond motifs is 18. The fourth-order valence-electron chi connectivity index (χ4n) is 19.1. The molecule has 12 bridgehead atoms. The highest BCUT2D eigenvalue weighted by molar-refractivity contribution is 7.90. The second-order valence-electron chi connectivity index (χ2n) is 41.2. The van der Waals surface area contributed by atoms with E-state index in [1.54, 1.807) is 70.5 Å². The fourth-order valence-corrected chi connectivity index (χ4v) is 22.1. The molecule has 15 rings (SSSR count).